The molecule has 1 atom stereocenters. The molecule has 120 valence electrons. The van der Waals surface area contributed by atoms with Gasteiger partial charge in [-0.25, -0.2) is 0 Å². The third-order valence-corrected chi connectivity index (χ3v) is 5.15. The van der Waals surface area contributed by atoms with E-state index in [4.69, 9.17) is 0 Å². The van der Waals surface area contributed by atoms with Crippen molar-refractivity contribution in [1.29, 1.82) is 0 Å². The molecule has 0 aromatic rings. The zero-order chi connectivity index (χ0) is 15.1. The highest BCUT2D eigenvalue weighted by molar-refractivity contribution is 4.96. The molecule has 0 aromatic heterocycles. The maximum Gasteiger partial charge on any atom is 0.394 e. The van der Waals surface area contributed by atoms with Crippen molar-refractivity contribution in [3.63, 3.8) is 0 Å². The van der Waals surface area contributed by atoms with Crippen LogP contribution in [-0.2, 0) is 0 Å². The Labute approximate surface area is 122 Å². The standard InChI is InChI=1S/C17H31F3/c1-3-5-7-8-12-15(11-6-4-2)16(17(18,19)20)13-9-10-14-16/h15H,3-14H2,1-2H3. The Kier molecular flexibility index (Phi) is 7.39. The van der Waals surface area contributed by atoms with Gasteiger partial charge in [0.1, 0.15) is 0 Å². The minimum atomic E-state index is -4.01. The molecule has 0 bridgehead atoms. The van der Waals surface area contributed by atoms with Crippen LogP contribution in [0.4, 0.5) is 13.2 Å². The Hall–Kier alpha value is -0.210. The van der Waals surface area contributed by atoms with E-state index in [1.165, 1.54) is 0 Å². The van der Waals surface area contributed by atoms with Gasteiger partial charge in [0.15, 0.2) is 0 Å². The van der Waals surface area contributed by atoms with Gasteiger partial charge in [0.2, 0.25) is 0 Å². The molecule has 0 heterocycles. The lowest BCUT2D eigenvalue weighted by Gasteiger charge is -2.39. The normalized spacial score (nSPS) is 20.2. The van der Waals surface area contributed by atoms with Gasteiger partial charge in [-0.05, 0) is 31.6 Å². The van der Waals surface area contributed by atoms with Gasteiger partial charge in [0, 0.05) is 0 Å². The fraction of sp³-hybridized carbons (Fsp3) is 1.00. The van der Waals surface area contributed by atoms with E-state index in [-0.39, 0.29) is 5.92 Å². The van der Waals surface area contributed by atoms with Crippen molar-refractivity contribution in [2.24, 2.45) is 11.3 Å². The van der Waals surface area contributed by atoms with Gasteiger partial charge in [-0.15, -0.1) is 0 Å². The molecule has 0 aliphatic heterocycles. The first kappa shape index (κ1) is 17.8. The highest BCUT2D eigenvalue weighted by Crippen LogP contribution is 2.57. The summed E-state index contributed by atoms with van der Waals surface area (Å²) in [5.41, 5.74) is -1.35. The summed E-state index contributed by atoms with van der Waals surface area (Å²) in [4.78, 5) is 0. The lowest BCUT2D eigenvalue weighted by molar-refractivity contribution is -0.243. The number of unbranched alkanes of at least 4 members (excludes halogenated alkanes) is 4. The van der Waals surface area contributed by atoms with E-state index in [0.717, 1.165) is 64.2 Å². The summed E-state index contributed by atoms with van der Waals surface area (Å²) in [6.07, 6.45) is 6.10. The van der Waals surface area contributed by atoms with Gasteiger partial charge in [-0.2, -0.15) is 13.2 Å². The lowest BCUT2D eigenvalue weighted by atomic mass is 9.69. The van der Waals surface area contributed by atoms with Gasteiger partial charge < -0.3 is 0 Å². The van der Waals surface area contributed by atoms with Crippen molar-refractivity contribution in [2.75, 3.05) is 0 Å². The summed E-state index contributed by atoms with van der Waals surface area (Å²) in [5, 5.41) is 0. The Morgan fingerprint density at radius 1 is 0.850 bits per heavy atom. The average molecular weight is 292 g/mol. The number of hydrogen-bond donors (Lipinski definition) is 0. The maximum absolute atomic E-state index is 13.7. The molecular formula is C17H31F3. The molecular weight excluding hydrogens is 261 g/mol. The molecule has 1 aliphatic carbocycles. The second kappa shape index (κ2) is 8.29. The van der Waals surface area contributed by atoms with Crippen LogP contribution in [0.5, 0.6) is 0 Å². The number of hydrogen-bond acceptors (Lipinski definition) is 0. The molecule has 0 nitrogen and oxygen atoms in total. The van der Waals surface area contributed by atoms with Gasteiger partial charge >= 0.3 is 6.18 Å². The quantitative estimate of drug-likeness (QED) is 0.406. The van der Waals surface area contributed by atoms with Gasteiger partial charge in [0.05, 0.1) is 5.41 Å². The smallest absolute Gasteiger partial charge is 0.170 e. The van der Waals surface area contributed by atoms with E-state index in [0.29, 0.717) is 12.8 Å². The van der Waals surface area contributed by atoms with E-state index in [9.17, 15) is 13.2 Å². The zero-order valence-electron chi connectivity index (χ0n) is 13.2. The average Bonchev–Trinajstić information content (AvgIpc) is 2.88. The molecule has 1 aliphatic rings. The summed E-state index contributed by atoms with van der Waals surface area (Å²) < 4.78 is 41.0. The van der Waals surface area contributed by atoms with E-state index in [1.807, 2.05) is 0 Å². The molecule has 3 heteroatoms. The van der Waals surface area contributed by atoms with Crippen molar-refractivity contribution >= 4 is 0 Å². The Bertz CT molecular complexity index is 251. The third-order valence-electron chi connectivity index (χ3n) is 5.15. The summed E-state index contributed by atoms with van der Waals surface area (Å²) >= 11 is 0. The van der Waals surface area contributed by atoms with Crippen molar-refractivity contribution in [3.05, 3.63) is 0 Å². The largest absolute Gasteiger partial charge is 0.394 e. The van der Waals surface area contributed by atoms with Crippen molar-refractivity contribution in [2.45, 2.75) is 97.1 Å². The van der Waals surface area contributed by atoms with Gasteiger partial charge in [0.25, 0.3) is 0 Å². The zero-order valence-corrected chi connectivity index (χ0v) is 13.2. The van der Waals surface area contributed by atoms with Crippen LogP contribution in [-0.4, -0.2) is 6.18 Å². The lowest BCUT2D eigenvalue weighted by Crippen LogP contribution is -2.42. The van der Waals surface area contributed by atoms with E-state index < -0.39 is 11.6 Å². The minimum absolute atomic E-state index is 0.137. The molecule has 1 rings (SSSR count). The van der Waals surface area contributed by atoms with Crippen molar-refractivity contribution in [3.8, 4) is 0 Å². The summed E-state index contributed by atoms with van der Waals surface area (Å²) in [7, 11) is 0. The van der Waals surface area contributed by atoms with Crippen LogP contribution < -0.4 is 0 Å². The fourth-order valence-electron chi connectivity index (χ4n) is 3.89. The first-order chi connectivity index (χ1) is 9.48. The van der Waals surface area contributed by atoms with E-state index in [1.54, 1.807) is 0 Å². The van der Waals surface area contributed by atoms with Crippen LogP contribution in [0, 0.1) is 11.3 Å². The maximum atomic E-state index is 13.7. The molecule has 0 aromatic carbocycles. The monoisotopic (exact) mass is 292 g/mol. The second-order valence-corrected chi connectivity index (χ2v) is 6.55. The Morgan fingerprint density at radius 3 is 1.90 bits per heavy atom. The van der Waals surface area contributed by atoms with Gasteiger partial charge in [-0.3, -0.25) is 0 Å². The van der Waals surface area contributed by atoms with E-state index >= 15 is 0 Å². The minimum Gasteiger partial charge on any atom is -0.170 e. The van der Waals surface area contributed by atoms with Crippen LogP contribution in [0.15, 0.2) is 0 Å². The van der Waals surface area contributed by atoms with Crippen LogP contribution in [0.1, 0.15) is 90.9 Å². The topological polar surface area (TPSA) is 0 Å². The predicted molar refractivity (Wildman–Crippen MR) is 78.7 cm³/mol. The highest BCUT2D eigenvalue weighted by Gasteiger charge is 2.59. The van der Waals surface area contributed by atoms with Crippen LogP contribution in [0.3, 0.4) is 0 Å². The molecule has 0 saturated heterocycles. The summed E-state index contributed by atoms with van der Waals surface area (Å²) in [6.45, 7) is 4.21. The molecule has 20 heavy (non-hydrogen) atoms. The van der Waals surface area contributed by atoms with Crippen molar-refractivity contribution in [1.82, 2.24) is 0 Å². The molecule has 0 N–H and O–H groups in total. The fourth-order valence-corrected chi connectivity index (χ4v) is 3.89. The van der Waals surface area contributed by atoms with Crippen LogP contribution in [0.2, 0.25) is 0 Å². The molecule has 0 radical (unpaired) electrons. The number of alkyl halides is 3. The Morgan fingerprint density at radius 2 is 1.40 bits per heavy atom. The Balaban J connectivity index is 2.72. The molecule has 1 fully saturated rings. The molecule has 0 spiro atoms. The second-order valence-electron chi connectivity index (χ2n) is 6.55. The SMILES string of the molecule is CCCCCCC(CCCC)C1(C(F)(F)F)CCCC1. The first-order valence-electron chi connectivity index (χ1n) is 8.54. The van der Waals surface area contributed by atoms with Gasteiger partial charge in [-0.1, -0.05) is 65.2 Å². The van der Waals surface area contributed by atoms with E-state index in [2.05, 4.69) is 13.8 Å². The summed E-state index contributed by atoms with van der Waals surface area (Å²) in [5.74, 6) is -0.137. The summed E-state index contributed by atoms with van der Waals surface area (Å²) in [6, 6.07) is 0. The number of rotatable bonds is 9. The third kappa shape index (κ3) is 4.39. The predicted octanol–water partition coefficient (Wildman–Crippen LogP) is 6.89. The first-order valence-corrected chi connectivity index (χ1v) is 8.54. The number of halogens is 3. The molecule has 1 saturated carbocycles. The van der Waals surface area contributed by atoms with Crippen LogP contribution in [0.25, 0.3) is 0 Å². The highest BCUT2D eigenvalue weighted by atomic mass is 19.4. The molecule has 1 unspecified atom stereocenters. The van der Waals surface area contributed by atoms with Crippen molar-refractivity contribution < 1.29 is 13.2 Å². The van der Waals surface area contributed by atoms with Crippen LogP contribution >= 0.6 is 0 Å². The molecule has 0 amide bonds.